The van der Waals surface area contributed by atoms with E-state index in [2.05, 4.69) is 21.0 Å². The molecule has 19 heavy (non-hydrogen) atoms. The Morgan fingerprint density at radius 3 is 2.63 bits per heavy atom. The molecule has 0 aliphatic heterocycles. The minimum Gasteiger partial charge on any atom is -0.384 e. The zero-order chi connectivity index (χ0) is 14.2. The van der Waals surface area contributed by atoms with E-state index in [-0.39, 0.29) is 5.84 Å². The van der Waals surface area contributed by atoms with Crippen molar-refractivity contribution in [3.63, 3.8) is 0 Å². The molecule has 0 radical (unpaired) electrons. The van der Waals surface area contributed by atoms with Crippen molar-refractivity contribution in [2.75, 3.05) is 0 Å². The van der Waals surface area contributed by atoms with Gasteiger partial charge in [-0.05, 0) is 53.5 Å². The van der Waals surface area contributed by atoms with Crippen LogP contribution >= 0.6 is 15.9 Å². The first-order valence-electron chi connectivity index (χ1n) is 5.72. The van der Waals surface area contributed by atoms with Crippen molar-refractivity contribution < 1.29 is 4.39 Å². The van der Waals surface area contributed by atoms with E-state index in [1.807, 2.05) is 13.8 Å². The molecule has 2 aromatic rings. The van der Waals surface area contributed by atoms with Gasteiger partial charge >= 0.3 is 0 Å². The van der Waals surface area contributed by atoms with Gasteiger partial charge in [-0.3, -0.25) is 10.1 Å². The van der Waals surface area contributed by atoms with Gasteiger partial charge in [-0.1, -0.05) is 0 Å². The monoisotopic (exact) mass is 324 g/mol. The first kappa shape index (κ1) is 13.7. The van der Waals surface area contributed by atoms with Crippen molar-refractivity contribution in [2.24, 2.45) is 5.73 Å². The lowest BCUT2D eigenvalue weighted by molar-refractivity contribution is 0.615. The summed E-state index contributed by atoms with van der Waals surface area (Å²) in [4.78, 5) is 0. The Morgan fingerprint density at radius 2 is 2.11 bits per heavy atom. The molecule has 0 saturated heterocycles. The smallest absolute Gasteiger partial charge is 0.124 e. The molecule has 0 amide bonds. The molecule has 3 N–H and O–H groups in total. The molecule has 0 bridgehead atoms. The van der Waals surface area contributed by atoms with Crippen molar-refractivity contribution in [1.82, 2.24) is 9.78 Å². The molecule has 0 saturated carbocycles. The predicted molar refractivity (Wildman–Crippen MR) is 75.9 cm³/mol. The second-order valence-electron chi connectivity index (χ2n) is 4.40. The third kappa shape index (κ3) is 2.84. The molecule has 1 aromatic carbocycles. The van der Waals surface area contributed by atoms with E-state index < -0.39 is 5.82 Å². The van der Waals surface area contributed by atoms with Gasteiger partial charge in [0, 0.05) is 5.56 Å². The summed E-state index contributed by atoms with van der Waals surface area (Å²) in [5, 5.41) is 11.7. The molecule has 0 spiro atoms. The van der Waals surface area contributed by atoms with Gasteiger partial charge in [0.05, 0.1) is 22.4 Å². The highest BCUT2D eigenvalue weighted by atomic mass is 79.9. The molecule has 1 heterocycles. The van der Waals surface area contributed by atoms with Crippen molar-refractivity contribution in [3.05, 3.63) is 51.0 Å². The predicted octanol–water partition coefficient (Wildman–Crippen LogP) is 2.73. The van der Waals surface area contributed by atoms with Gasteiger partial charge < -0.3 is 5.73 Å². The first-order chi connectivity index (χ1) is 8.88. The Hall–Kier alpha value is -1.69. The van der Waals surface area contributed by atoms with Gasteiger partial charge in [0.15, 0.2) is 0 Å². The van der Waals surface area contributed by atoms with Crippen molar-refractivity contribution in [3.8, 4) is 0 Å². The summed E-state index contributed by atoms with van der Waals surface area (Å²) in [6.07, 6.45) is 0. The third-order valence-electron chi connectivity index (χ3n) is 2.89. The second-order valence-corrected chi connectivity index (χ2v) is 5.20. The maximum absolute atomic E-state index is 13.5. The quantitative estimate of drug-likeness (QED) is 0.673. The molecule has 4 nitrogen and oxygen atoms in total. The lowest BCUT2D eigenvalue weighted by Gasteiger charge is -2.07. The summed E-state index contributed by atoms with van der Waals surface area (Å²) in [5.74, 6) is -0.543. The summed E-state index contributed by atoms with van der Waals surface area (Å²) in [7, 11) is 0. The fourth-order valence-electron chi connectivity index (χ4n) is 1.90. The molecular weight excluding hydrogens is 311 g/mol. The Kier molecular flexibility index (Phi) is 3.71. The van der Waals surface area contributed by atoms with E-state index in [4.69, 9.17) is 11.1 Å². The molecule has 2 rings (SSSR count). The molecular formula is C13H14BrFN4. The number of rotatable bonds is 3. The number of amidine groups is 1. The van der Waals surface area contributed by atoms with Gasteiger partial charge in [-0.15, -0.1) is 0 Å². The van der Waals surface area contributed by atoms with E-state index in [9.17, 15) is 4.39 Å². The number of benzene rings is 1. The normalized spacial score (nSPS) is 10.7. The summed E-state index contributed by atoms with van der Waals surface area (Å²) >= 11 is 3.45. The molecule has 6 heteroatoms. The largest absolute Gasteiger partial charge is 0.384 e. The highest BCUT2D eigenvalue weighted by Crippen LogP contribution is 2.21. The minimum absolute atomic E-state index is 0.143. The van der Waals surface area contributed by atoms with E-state index >= 15 is 0 Å². The van der Waals surface area contributed by atoms with Crippen LogP contribution < -0.4 is 5.73 Å². The average Bonchev–Trinajstić information content (AvgIpc) is 2.56. The number of nitrogens with two attached hydrogens (primary N) is 1. The fourth-order valence-corrected chi connectivity index (χ4v) is 2.18. The zero-order valence-electron chi connectivity index (χ0n) is 10.7. The molecule has 0 aliphatic carbocycles. The van der Waals surface area contributed by atoms with E-state index in [0.29, 0.717) is 12.1 Å². The van der Waals surface area contributed by atoms with E-state index in [1.165, 1.54) is 12.1 Å². The van der Waals surface area contributed by atoms with Crippen LogP contribution in [0.5, 0.6) is 0 Å². The van der Waals surface area contributed by atoms with Crippen LogP contribution in [0.1, 0.15) is 22.5 Å². The minimum atomic E-state index is -0.400. The first-order valence-corrected chi connectivity index (χ1v) is 6.51. The maximum atomic E-state index is 13.5. The number of nitrogen functional groups attached to an aromatic ring is 1. The Bertz CT molecular complexity index is 648. The summed E-state index contributed by atoms with van der Waals surface area (Å²) in [6, 6.07) is 4.38. The number of aryl methyl sites for hydroxylation is 1. The van der Waals surface area contributed by atoms with E-state index in [1.54, 1.807) is 10.7 Å². The SMILES string of the molecule is Cc1nn(Cc2cc(F)cc(C(=N)N)c2)c(C)c1Br. The van der Waals surface area contributed by atoms with Crippen LogP contribution in [0, 0.1) is 25.1 Å². The summed E-state index contributed by atoms with van der Waals surface area (Å²) in [6.45, 7) is 4.28. The third-order valence-corrected chi connectivity index (χ3v) is 4.04. The van der Waals surface area contributed by atoms with Crippen molar-refractivity contribution >= 4 is 21.8 Å². The molecule has 1 aromatic heterocycles. The molecule has 100 valence electrons. The van der Waals surface area contributed by atoms with Crippen LogP contribution in [-0.4, -0.2) is 15.6 Å². The average molecular weight is 325 g/mol. The van der Waals surface area contributed by atoms with Gasteiger partial charge in [0.25, 0.3) is 0 Å². The maximum Gasteiger partial charge on any atom is 0.124 e. The second kappa shape index (κ2) is 5.13. The van der Waals surface area contributed by atoms with Gasteiger partial charge in [0.2, 0.25) is 0 Å². The number of aromatic nitrogens is 2. The van der Waals surface area contributed by atoms with Gasteiger partial charge in [-0.2, -0.15) is 5.10 Å². The Labute approximate surface area is 119 Å². The van der Waals surface area contributed by atoms with Crippen LogP contribution in [0.25, 0.3) is 0 Å². The lowest BCUT2D eigenvalue weighted by Crippen LogP contribution is -2.13. The Balaban J connectivity index is 2.38. The Morgan fingerprint density at radius 1 is 1.42 bits per heavy atom. The molecule has 0 aliphatic rings. The van der Waals surface area contributed by atoms with Crippen LogP contribution in [0.3, 0.4) is 0 Å². The van der Waals surface area contributed by atoms with Gasteiger partial charge in [0.1, 0.15) is 11.7 Å². The molecule has 0 atom stereocenters. The number of hydrogen-bond donors (Lipinski definition) is 2. The summed E-state index contributed by atoms with van der Waals surface area (Å²) < 4.78 is 16.2. The topological polar surface area (TPSA) is 67.7 Å². The molecule has 0 fully saturated rings. The van der Waals surface area contributed by atoms with Crippen LogP contribution in [0.4, 0.5) is 4.39 Å². The number of nitrogens with zero attached hydrogens (tertiary/aromatic N) is 2. The standard InChI is InChI=1S/C13H14BrFN4/c1-7-12(14)8(2)19(18-7)6-9-3-10(13(16)17)5-11(15)4-9/h3-5H,6H2,1-2H3,(H3,16,17). The lowest BCUT2D eigenvalue weighted by atomic mass is 10.1. The van der Waals surface area contributed by atoms with E-state index in [0.717, 1.165) is 21.4 Å². The van der Waals surface area contributed by atoms with Crippen LogP contribution in [0.15, 0.2) is 22.7 Å². The van der Waals surface area contributed by atoms with Gasteiger partial charge in [-0.25, -0.2) is 4.39 Å². The van der Waals surface area contributed by atoms with Crippen LogP contribution in [0.2, 0.25) is 0 Å². The fraction of sp³-hybridized carbons (Fsp3) is 0.231. The number of hydrogen-bond acceptors (Lipinski definition) is 2. The van der Waals surface area contributed by atoms with Crippen molar-refractivity contribution in [2.45, 2.75) is 20.4 Å². The zero-order valence-corrected chi connectivity index (χ0v) is 12.3. The highest BCUT2D eigenvalue weighted by molar-refractivity contribution is 9.10. The molecule has 0 unspecified atom stereocenters. The van der Waals surface area contributed by atoms with Crippen molar-refractivity contribution in [1.29, 1.82) is 5.41 Å². The number of nitrogens with one attached hydrogen (secondary N) is 1. The number of halogens is 2. The highest BCUT2D eigenvalue weighted by Gasteiger charge is 2.10. The van der Waals surface area contributed by atoms with Crippen LogP contribution in [-0.2, 0) is 6.54 Å². The summed E-state index contributed by atoms with van der Waals surface area (Å²) in [5.41, 5.74) is 8.37.